The van der Waals surface area contributed by atoms with Gasteiger partial charge in [-0.05, 0) is 55.7 Å². The average Bonchev–Trinajstić information content (AvgIpc) is 2.68. The first-order chi connectivity index (χ1) is 13.4. The van der Waals surface area contributed by atoms with Crippen molar-refractivity contribution in [2.75, 3.05) is 29.9 Å². The van der Waals surface area contributed by atoms with Crippen molar-refractivity contribution in [2.24, 2.45) is 11.7 Å². The van der Waals surface area contributed by atoms with E-state index in [1.165, 1.54) is 0 Å². The third kappa shape index (κ3) is 5.13. The lowest BCUT2D eigenvalue weighted by molar-refractivity contribution is -0.122. The Bertz CT molecular complexity index is 857. The summed E-state index contributed by atoms with van der Waals surface area (Å²) in [7, 11) is 0. The topological polar surface area (TPSA) is 97.5 Å². The molecule has 3 rings (SSSR count). The first kappa shape index (κ1) is 19.9. The number of amides is 2. The van der Waals surface area contributed by atoms with Gasteiger partial charge in [0.05, 0.1) is 17.8 Å². The molecule has 1 aromatic carbocycles. The van der Waals surface area contributed by atoms with Crippen LogP contribution in [0.1, 0.15) is 18.4 Å². The lowest BCUT2D eigenvalue weighted by atomic mass is 9.97. The molecule has 7 nitrogen and oxygen atoms in total. The van der Waals surface area contributed by atoms with E-state index in [4.69, 9.17) is 22.1 Å². The Labute approximate surface area is 168 Å². The van der Waals surface area contributed by atoms with Gasteiger partial charge in [-0.3, -0.25) is 9.59 Å². The van der Waals surface area contributed by atoms with Crippen LogP contribution in [0.4, 0.5) is 11.5 Å². The van der Waals surface area contributed by atoms with Gasteiger partial charge in [0.25, 0.3) is 5.91 Å². The lowest BCUT2D eigenvalue weighted by Gasteiger charge is -2.32. The smallest absolute Gasteiger partial charge is 0.262 e. The zero-order chi connectivity index (χ0) is 20.1. The summed E-state index contributed by atoms with van der Waals surface area (Å²) < 4.78 is 5.54. The molecule has 3 N–H and O–H groups in total. The fraction of sp³-hybridized carbons (Fsp3) is 0.350. The molecule has 1 fully saturated rings. The SMILES string of the molecule is Cc1cc(Cl)ccc1OCC(=O)Nc1ccc(N2CCCC(C(N)=O)C2)nc1. The number of nitrogens with two attached hydrogens (primary N) is 1. The number of carbonyl (C=O) groups is 2. The molecule has 0 aliphatic carbocycles. The van der Waals surface area contributed by atoms with Crippen LogP contribution in [0, 0.1) is 12.8 Å². The van der Waals surface area contributed by atoms with Crippen molar-refractivity contribution in [3.63, 3.8) is 0 Å². The summed E-state index contributed by atoms with van der Waals surface area (Å²) >= 11 is 5.91. The van der Waals surface area contributed by atoms with E-state index in [1.807, 2.05) is 17.9 Å². The molecule has 2 heterocycles. The van der Waals surface area contributed by atoms with Crippen LogP contribution < -0.4 is 20.7 Å². The van der Waals surface area contributed by atoms with Gasteiger partial charge in [-0.15, -0.1) is 0 Å². The van der Waals surface area contributed by atoms with Crippen molar-refractivity contribution in [3.8, 4) is 5.75 Å². The zero-order valence-electron chi connectivity index (χ0n) is 15.7. The Hall–Kier alpha value is -2.80. The number of rotatable bonds is 6. The van der Waals surface area contributed by atoms with Crippen LogP contribution in [-0.2, 0) is 9.59 Å². The number of hydrogen-bond acceptors (Lipinski definition) is 5. The van der Waals surface area contributed by atoms with E-state index in [0.717, 1.165) is 30.8 Å². The number of primary amides is 1. The molecule has 28 heavy (non-hydrogen) atoms. The molecule has 2 amide bonds. The van der Waals surface area contributed by atoms with Crippen molar-refractivity contribution >= 4 is 34.9 Å². The maximum absolute atomic E-state index is 12.1. The summed E-state index contributed by atoms with van der Waals surface area (Å²) in [6.07, 6.45) is 3.30. The number of ether oxygens (including phenoxy) is 1. The highest BCUT2D eigenvalue weighted by molar-refractivity contribution is 6.30. The van der Waals surface area contributed by atoms with E-state index < -0.39 is 0 Å². The Morgan fingerprint density at radius 3 is 2.86 bits per heavy atom. The molecule has 0 saturated carbocycles. The summed E-state index contributed by atoms with van der Waals surface area (Å²) in [5, 5.41) is 3.38. The molecular weight excluding hydrogens is 380 g/mol. The number of carbonyl (C=O) groups excluding carboxylic acids is 2. The van der Waals surface area contributed by atoms with Crippen LogP contribution >= 0.6 is 11.6 Å². The summed E-state index contributed by atoms with van der Waals surface area (Å²) in [4.78, 5) is 30.0. The summed E-state index contributed by atoms with van der Waals surface area (Å²) in [6, 6.07) is 8.83. The first-order valence-electron chi connectivity index (χ1n) is 9.11. The predicted octanol–water partition coefficient (Wildman–Crippen LogP) is 2.76. The summed E-state index contributed by atoms with van der Waals surface area (Å²) in [5.74, 6) is 0.669. The van der Waals surface area contributed by atoms with Crippen LogP contribution in [0.3, 0.4) is 0 Å². The minimum absolute atomic E-state index is 0.114. The van der Waals surface area contributed by atoms with E-state index in [2.05, 4.69) is 10.3 Å². The van der Waals surface area contributed by atoms with Gasteiger partial charge in [-0.25, -0.2) is 4.98 Å². The number of pyridine rings is 1. The number of benzene rings is 1. The van der Waals surface area contributed by atoms with Crippen molar-refractivity contribution < 1.29 is 14.3 Å². The van der Waals surface area contributed by atoms with Gasteiger partial charge in [0.2, 0.25) is 5.91 Å². The van der Waals surface area contributed by atoms with Crippen LogP contribution in [0.15, 0.2) is 36.5 Å². The maximum atomic E-state index is 12.1. The number of anilines is 2. The van der Waals surface area contributed by atoms with Gasteiger partial charge in [-0.1, -0.05) is 11.6 Å². The minimum Gasteiger partial charge on any atom is -0.483 e. The number of nitrogens with zero attached hydrogens (tertiary/aromatic N) is 2. The molecular formula is C20H23ClN4O3. The fourth-order valence-electron chi connectivity index (χ4n) is 3.18. The number of aryl methyl sites for hydroxylation is 1. The number of aromatic nitrogens is 1. The second kappa shape index (κ2) is 8.93. The van der Waals surface area contributed by atoms with E-state index in [1.54, 1.807) is 30.5 Å². The van der Waals surface area contributed by atoms with Gasteiger partial charge in [0, 0.05) is 18.1 Å². The van der Waals surface area contributed by atoms with Crippen molar-refractivity contribution in [1.29, 1.82) is 0 Å². The highest BCUT2D eigenvalue weighted by Gasteiger charge is 2.24. The highest BCUT2D eigenvalue weighted by Crippen LogP contribution is 2.23. The molecule has 0 spiro atoms. The van der Waals surface area contributed by atoms with E-state index >= 15 is 0 Å². The molecule has 1 aliphatic rings. The third-order valence-corrected chi connectivity index (χ3v) is 4.91. The molecule has 2 aromatic rings. The molecule has 8 heteroatoms. The summed E-state index contributed by atoms with van der Waals surface area (Å²) in [6.45, 7) is 3.15. The lowest BCUT2D eigenvalue weighted by Crippen LogP contribution is -2.41. The number of halogens is 1. The van der Waals surface area contributed by atoms with Crippen molar-refractivity contribution in [1.82, 2.24) is 4.98 Å². The second-order valence-electron chi connectivity index (χ2n) is 6.84. The maximum Gasteiger partial charge on any atom is 0.262 e. The standard InChI is InChI=1S/C20H23ClN4O3/c1-13-9-15(21)4-6-17(13)28-12-19(26)24-16-5-7-18(23-10-16)25-8-2-3-14(11-25)20(22)27/h4-7,9-10,14H,2-3,8,11-12H2,1H3,(H2,22,27)(H,24,26). The first-order valence-corrected chi connectivity index (χ1v) is 9.49. The van der Waals surface area contributed by atoms with Crippen molar-refractivity contribution in [3.05, 3.63) is 47.1 Å². The molecule has 1 atom stereocenters. The zero-order valence-corrected chi connectivity index (χ0v) is 16.4. The quantitative estimate of drug-likeness (QED) is 0.774. The second-order valence-corrected chi connectivity index (χ2v) is 7.28. The number of piperidine rings is 1. The Balaban J connectivity index is 1.53. The third-order valence-electron chi connectivity index (χ3n) is 4.68. The molecule has 1 aromatic heterocycles. The van der Waals surface area contributed by atoms with Gasteiger partial charge in [0.15, 0.2) is 6.61 Å². The van der Waals surface area contributed by atoms with Crippen LogP contribution in [-0.4, -0.2) is 36.5 Å². The van der Waals surface area contributed by atoms with E-state index in [9.17, 15) is 9.59 Å². The molecule has 0 bridgehead atoms. The normalized spacial score (nSPS) is 16.5. The molecule has 0 radical (unpaired) electrons. The van der Waals surface area contributed by atoms with Crippen LogP contribution in [0.2, 0.25) is 5.02 Å². The van der Waals surface area contributed by atoms with E-state index in [-0.39, 0.29) is 24.3 Å². The van der Waals surface area contributed by atoms with Gasteiger partial charge >= 0.3 is 0 Å². The van der Waals surface area contributed by atoms with Gasteiger partial charge < -0.3 is 20.7 Å². The molecule has 1 aliphatic heterocycles. The largest absolute Gasteiger partial charge is 0.483 e. The Kier molecular flexibility index (Phi) is 6.36. The van der Waals surface area contributed by atoms with E-state index in [0.29, 0.717) is 23.0 Å². The monoisotopic (exact) mass is 402 g/mol. The van der Waals surface area contributed by atoms with Gasteiger partial charge in [0.1, 0.15) is 11.6 Å². The molecule has 1 unspecified atom stereocenters. The fourth-order valence-corrected chi connectivity index (χ4v) is 3.41. The minimum atomic E-state index is -0.282. The number of nitrogens with one attached hydrogen (secondary N) is 1. The van der Waals surface area contributed by atoms with Gasteiger partial charge in [-0.2, -0.15) is 0 Å². The molecule has 1 saturated heterocycles. The molecule has 148 valence electrons. The predicted molar refractivity (Wildman–Crippen MR) is 109 cm³/mol. The summed E-state index contributed by atoms with van der Waals surface area (Å²) in [5.41, 5.74) is 6.86. The van der Waals surface area contributed by atoms with Crippen LogP contribution in [0.25, 0.3) is 0 Å². The number of hydrogen-bond donors (Lipinski definition) is 2. The van der Waals surface area contributed by atoms with Crippen molar-refractivity contribution in [2.45, 2.75) is 19.8 Å². The average molecular weight is 403 g/mol. The highest BCUT2D eigenvalue weighted by atomic mass is 35.5. The van der Waals surface area contributed by atoms with Crippen LogP contribution in [0.5, 0.6) is 5.75 Å². The Morgan fingerprint density at radius 1 is 1.36 bits per heavy atom. The Morgan fingerprint density at radius 2 is 2.18 bits per heavy atom.